The number of morpholine rings is 1. The van der Waals surface area contributed by atoms with Crippen LogP contribution in [0.5, 0.6) is 0 Å². The van der Waals surface area contributed by atoms with Crippen molar-refractivity contribution in [2.45, 2.75) is 32.1 Å². The van der Waals surface area contributed by atoms with Gasteiger partial charge < -0.3 is 9.64 Å². The number of hydrogen-bond acceptors (Lipinski definition) is 6. The first kappa shape index (κ1) is 15.7. The van der Waals surface area contributed by atoms with Gasteiger partial charge in [-0.05, 0) is 37.8 Å². The van der Waals surface area contributed by atoms with Crippen molar-refractivity contribution in [2.75, 3.05) is 36.6 Å². The van der Waals surface area contributed by atoms with E-state index in [-0.39, 0.29) is 10.6 Å². The molecule has 0 amide bonds. The molecule has 23 heavy (non-hydrogen) atoms. The Morgan fingerprint density at radius 2 is 1.91 bits per heavy atom. The highest BCUT2D eigenvalue weighted by Gasteiger charge is 2.18. The van der Waals surface area contributed by atoms with Crippen LogP contribution in [0.15, 0.2) is 23.3 Å². The smallest absolute Gasteiger partial charge is 0.294 e. The topological polar surface area (TPSA) is 80.0 Å². The van der Waals surface area contributed by atoms with E-state index in [0.29, 0.717) is 18.9 Å². The monoisotopic (exact) mass is 318 g/mol. The number of anilines is 2. The molecule has 1 heterocycles. The predicted molar refractivity (Wildman–Crippen MR) is 90.3 cm³/mol. The first-order valence-corrected chi connectivity index (χ1v) is 8.16. The molecule has 3 rings (SSSR count). The minimum atomic E-state index is -0.369. The number of rotatable bonds is 4. The van der Waals surface area contributed by atoms with Gasteiger partial charge in [0.05, 0.1) is 18.1 Å². The zero-order valence-electron chi connectivity index (χ0n) is 13.2. The molecule has 0 aromatic heterocycles. The van der Waals surface area contributed by atoms with E-state index in [4.69, 9.17) is 4.74 Å². The average Bonchev–Trinajstić information content (AvgIpc) is 2.61. The summed E-state index contributed by atoms with van der Waals surface area (Å²) in [7, 11) is 0. The van der Waals surface area contributed by atoms with Gasteiger partial charge in [-0.25, -0.2) is 0 Å². The molecule has 0 spiro atoms. The number of hydrazone groups is 1. The summed E-state index contributed by atoms with van der Waals surface area (Å²) in [6.45, 7) is 2.96. The molecule has 1 aromatic rings. The number of benzene rings is 1. The Morgan fingerprint density at radius 1 is 1.17 bits per heavy atom. The quantitative estimate of drug-likeness (QED) is 0.681. The molecule has 1 aliphatic heterocycles. The van der Waals surface area contributed by atoms with Crippen LogP contribution in [0.1, 0.15) is 32.1 Å². The molecule has 2 fully saturated rings. The van der Waals surface area contributed by atoms with Crippen molar-refractivity contribution in [3.63, 3.8) is 0 Å². The lowest BCUT2D eigenvalue weighted by molar-refractivity contribution is -0.383. The zero-order chi connectivity index (χ0) is 16.1. The van der Waals surface area contributed by atoms with E-state index < -0.39 is 0 Å². The Hall–Kier alpha value is -2.15. The Morgan fingerprint density at radius 3 is 2.61 bits per heavy atom. The molecule has 0 radical (unpaired) electrons. The molecular formula is C16H22N4O3. The molecule has 1 aliphatic carbocycles. The molecule has 1 aromatic carbocycles. The van der Waals surface area contributed by atoms with Crippen LogP contribution in [-0.4, -0.2) is 36.9 Å². The summed E-state index contributed by atoms with van der Waals surface area (Å²) >= 11 is 0. The van der Waals surface area contributed by atoms with E-state index in [1.165, 1.54) is 6.42 Å². The van der Waals surface area contributed by atoms with Gasteiger partial charge in [-0.15, -0.1) is 0 Å². The fourth-order valence-corrected chi connectivity index (χ4v) is 3.00. The number of hydrogen-bond donors (Lipinski definition) is 1. The lowest BCUT2D eigenvalue weighted by Crippen LogP contribution is -2.36. The molecule has 124 valence electrons. The Bertz CT molecular complexity index is 589. The molecule has 7 heteroatoms. The van der Waals surface area contributed by atoms with Gasteiger partial charge in [0, 0.05) is 30.6 Å². The minimum absolute atomic E-state index is 0.0576. The SMILES string of the molecule is O=[N+]([O-])c1ccc(N2CCOCC2)cc1NN=C1CCCCC1. The minimum Gasteiger partial charge on any atom is -0.378 e. The number of nitro benzene ring substituents is 1. The van der Waals surface area contributed by atoms with Gasteiger partial charge in [0.25, 0.3) is 5.69 Å². The number of nitro groups is 1. The van der Waals surface area contributed by atoms with Crippen LogP contribution in [0.25, 0.3) is 0 Å². The standard InChI is InChI=1S/C16H22N4O3/c21-20(22)16-7-6-14(19-8-10-23-11-9-19)12-15(16)18-17-13-4-2-1-3-5-13/h6-7,12,18H,1-5,8-11H2. The molecule has 7 nitrogen and oxygen atoms in total. The van der Waals surface area contributed by atoms with Crippen molar-refractivity contribution in [1.82, 2.24) is 0 Å². The van der Waals surface area contributed by atoms with E-state index in [9.17, 15) is 10.1 Å². The largest absolute Gasteiger partial charge is 0.378 e. The average molecular weight is 318 g/mol. The Labute approximate surface area is 135 Å². The van der Waals surface area contributed by atoms with Gasteiger partial charge in [0.1, 0.15) is 5.69 Å². The molecule has 2 aliphatic rings. The second-order valence-electron chi connectivity index (χ2n) is 5.91. The van der Waals surface area contributed by atoms with Crippen molar-refractivity contribution < 1.29 is 9.66 Å². The van der Waals surface area contributed by atoms with Crippen LogP contribution >= 0.6 is 0 Å². The van der Waals surface area contributed by atoms with Crippen LogP contribution in [0.4, 0.5) is 17.1 Å². The fraction of sp³-hybridized carbons (Fsp3) is 0.562. The molecule has 0 bridgehead atoms. The van der Waals surface area contributed by atoms with Crippen LogP contribution in [0, 0.1) is 10.1 Å². The third-order valence-corrected chi connectivity index (χ3v) is 4.32. The molecular weight excluding hydrogens is 296 g/mol. The highest BCUT2D eigenvalue weighted by atomic mass is 16.6. The molecule has 1 saturated carbocycles. The summed E-state index contributed by atoms with van der Waals surface area (Å²) in [5.74, 6) is 0. The van der Waals surface area contributed by atoms with E-state index >= 15 is 0 Å². The summed E-state index contributed by atoms with van der Waals surface area (Å²) in [6, 6.07) is 5.16. The van der Waals surface area contributed by atoms with Crippen molar-refractivity contribution in [2.24, 2.45) is 5.10 Å². The normalized spacial score (nSPS) is 18.6. The van der Waals surface area contributed by atoms with Crippen LogP contribution in [0.2, 0.25) is 0 Å². The molecule has 1 N–H and O–H groups in total. The first-order chi connectivity index (χ1) is 11.2. The number of ether oxygens (including phenoxy) is 1. The highest BCUT2D eigenvalue weighted by Crippen LogP contribution is 2.30. The van der Waals surface area contributed by atoms with E-state index in [1.54, 1.807) is 12.1 Å². The maximum atomic E-state index is 11.2. The van der Waals surface area contributed by atoms with Gasteiger partial charge in [-0.1, -0.05) is 6.42 Å². The summed E-state index contributed by atoms with van der Waals surface area (Å²) in [5.41, 5.74) is 5.51. The first-order valence-electron chi connectivity index (χ1n) is 8.16. The summed E-state index contributed by atoms with van der Waals surface area (Å²) in [5, 5.41) is 15.6. The van der Waals surface area contributed by atoms with Crippen LogP contribution in [-0.2, 0) is 4.74 Å². The fourth-order valence-electron chi connectivity index (χ4n) is 3.00. The second-order valence-corrected chi connectivity index (χ2v) is 5.91. The maximum Gasteiger partial charge on any atom is 0.294 e. The van der Waals surface area contributed by atoms with E-state index in [1.807, 2.05) is 6.07 Å². The van der Waals surface area contributed by atoms with Crippen molar-refractivity contribution in [3.8, 4) is 0 Å². The van der Waals surface area contributed by atoms with Gasteiger partial charge in [-0.2, -0.15) is 5.10 Å². The highest BCUT2D eigenvalue weighted by molar-refractivity contribution is 5.86. The second kappa shape index (κ2) is 7.41. The van der Waals surface area contributed by atoms with Crippen molar-refractivity contribution >= 4 is 22.8 Å². The zero-order valence-corrected chi connectivity index (χ0v) is 13.2. The van der Waals surface area contributed by atoms with Crippen LogP contribution in [0.3, 0.4) is 0 Å². The third-order valence-electron chi connectivity index (χ3n) is 4.32. The van der Waals surface area contributed by atoms with Crippen LogP contribution < -0.4 is 10.3 Å². The van der Waals surface area contributed by atoms with E-state index in [2.05, 4.69) is 15.4 Å². The third kappa shape index (κ3) is 3.98. The number of nitrogens with one attached hydrogen (secondary N) is 1. The van der Waals surface area contributed by atoms with Gasteiger partial charge in [0.15, 0.2) is 0 Å². The molecule has 0 unspecified atom stereocenters. The lowest BCUT2D eigenvalue weighted by atomic mass is 9.99. The Kier molecular flexibility index (Phi) is 5.07. The number of nitrogens with zero attached hydrogens (tertiary/aromatic N) is 3. The van der Waals surface area contributed by atoms with Gasteiger partial charge >= 0.3 is 0 Å². The maximum absolute atomic E-state index is 11.2. The van der Waals surface area contributed by atoms with E-state index in [0.717, 1.165) is 50.2 Å². The summed E-state index contributed by atoms with van der Waals surface area (Å²) < 4.78 is 5.35. The van der Waals surface area contributed by atoms with Crippen molar-refractivity contribution in [1.29, 1.82) is 0 Å². The van der Waals surface area contributed by atoms with Gasteiger partial charge in [-0.3, -0.25) is 15.5 Å². The van der Waals surface area contributed by atoms with Gasteiger partial charge in [0.2, 0.25) is 0 Å². The predicted octanol–water partition coefficient (Wildman–Crippen LogP) is 3.16. The summed E-state index contributed by atoms with van der Waals surface area (Å²) in [6.07, 6.45) is 5.49. The Balaban J connectivity index is 1.81. The lowest BCUT2D eigenvalue weighted by Gasteiger charge is -2.29. The van der Waals surface area contributed by atoms with Crippen molar-refractivity contribution in [3.05, 3.63) is 28.3 Å². The summed E-state index contributed by atoms with van der Waals surface area (Å²) in [4.78, 5) is 13.0. The molecule has 1 saturated heterocycles. The molecule has 0 atom stereocenters.